The second-order valence-electron chi connectivity index (χ2n) is 6.65. The van der Waals surface area contributed by atoms with Crippen LogP contribution in [0.3, 0.4) is 0 Å². The van der Waals surface area contributed by atoms with Gasteiger partial charge in [-0.25, -0.2) is 0 Å². The standard InChI is InChI=1S/C19H23N3O3/c23-19(18-7-4-12-24-18)22-10-8-21(9-11-22)14-16-13-17(20-25-16)15-5-2-1-3-6-15/h1-3,5-6,13,18H,4,7-12,14H2/t18-/m1/s1. The molecule has 0 N–H and O–H groups in total. The molecule has 25 heavy (non-hydrogen) atoms. The minimum Gasteiger partial charge on any atom is -0.368 e. The fourth-order valence-electron chi connectivity index (χ4n) is 3.46. The summed E-state index contributed by atoms with van der Waals surface area (Å²) in [5.41, 5.74) is 1.92. The number of hydrogen-bond acceptors (Lipinski definition) is 5. The van der Waals surface area contributed by atoms with Crippen LogP contribution in [0.15, 0.2) is 40.9 Å². The zero-order valence-electron chi connectivity index (χ0n) is 14.3. The highest BCUT2D eigenvalue weighted by Gasteiger charge is 2.30. The van der Waals surface area contributed by atoms with Crippen molar-refractivity contribution in [1.29, 1.82) is 0 Å². The van der Waals surface area contributed by atoms with Gasteiger partial charge in [0, 0.05) is 44.4 Å². The van der Waals surface area contributed by atoms with Gasteiger partial charge in [-0.3, -0.25) is 9.69 Å². The number of ether oxygens (including phenoxy) is 1. The maximum absolute atomic E-state index is 12.4. The Morgan fingerprint density at radius 3 is 2.68 bits per heavy atom. The Kier molecular flexibility index (Phi) is 4.81. The van der Waals surface area contributed by atoms with E-state index in [1.54, 1.807) is 0 Å². The Hall–Kier alpha value is -2.18. The first-order valence-electron chi connectivity index (χ1n) is 8.93. The van der Waals surface area contributed by atoms with E-state index in [-0.39, 0.29) is 12.0 Å². The third kappa shape index (κ3) is 3.75. The number of carbonyl (C=O) groups excluding carboxylic acids is 1. The maximum Gasteiger partial charge on any atom is 0.251 e. The van der Waals surface area contributed by atoms with E-state index in [9.17, 15) is 4.79 Å². The van der Waals surface area contributed by atoms with E-state index in [1.807, 2.05) is 41.3 Å². The maximum atomic E-state index is 12.4. The summed E-state index contributed by atoms with van der Waals surface area (Å²) in [5, 5.41) is 4.16. The van der Waals surface area contributed by atoms with Gasteiger partial charge in [0.05, 0.1) is 6.54 Å². The van der Waals surface area contributed by atoms with Crippen LogP contribution in [0.5, 0.6) is 0 Å². The number of rotatable bonds is 4. The second-order valence-corrected chi connectivity index (χ2v) is 6.65. The van der Waals surface area contributed by atoms with E-state index in [0.717, 1.165) is 62.6 Å². The van der Waals surface area contributed by atoms with Crippen LogP contribution >= 0.6 is 0 Å². The van der Waals surface area contributed by atoms with Crippen LogP contribution in [0, 0.1) is 0 Å². The number of nitrogens with zero attached hydrogens (tertiary/aromatic N) is 3. The Balaban J connectivity index is 1.30. The highest BCUT2D eigenvalue weighted by molar-refractivity contribution is 5.81. The molecule has 0 spiro atoms. The molecule has 2 fully saturated rings. The van der Waals surface area contributed by atoms with Crippen molar-refractivity contribution < 1.29 is 14.1 Å². The fourth-order valence-corrected chi connectivity index (χ4v) is 3.46. The van der Waals surface area contributed by atoms with Gasteiger partial charge in [-0.1, -0.05) is 35.5 Å². The van der Waals surface area contributed by atoms with Gasteiger partial charge in [-0.05, 0) is 12.8 Å². The van der Waals surface area contributed by atoms with Crippen molar-refractivity contribution in [2.24, 2.45) is 0 Å². The summed E-state index contributed by atoms with van der Waals surface area (Å²) < 4.78 is 11.0. The molecule has 6 nitrogen and oxygen atoms in total. The Labute approximate surface area is 147 Å². The van der Waals surface area contributed by atoms with E-state index in [0.29, 0.717) is 6.61 Å². The lowest BCUT2D eigenvalue weighted by molar-refractivity contribution is -0.142. The third-order valence-corrected chi connectivity index (χ3v) is 4.90. The van der Waals surface area contributed by atoms with Gasteiger partial charge in [-0.15, -0.1) is 0 Å². The molecule has 6 heteroatoms. The van der Waals surface area contributed by atoms with Gasteiger partial charge in [0.2, 0.25) is 0 Å². The molecule has 0 unspecified atom stereocenters. The molecule has 1 aromatic carbocycles. The third-order valence-electron chi connectivity index (χ3n) is 4.90. The van der Waals surface area contributed by atoms with Crippen molar-refractivity contribution in [3.8, 4) is 11.3 Å². The molecule has 3 heterocycles. The predicted molar refractivity (Wildman–Crippen MR) is 92.8 cm³/mol. The second kappa shape index (κ2) is 7.37. The summed E-state index contributed by atoms with van der Waals surface area (Å²) in [6.07, 6.45) is 1.64. The average Bonchev–Trinajstić information content (AvgIpc) is 3.35. The van der Waals surface area contributed by atoms with Gasteiger partial charge in [0.15, 0.2) is 5.76 Å². The Morgan fingerprint density at radius 2 is 1.96 bits per heavy atom. The van der Waals surface area contributed by atoms with Crippen molar-refractivity contribution >= 4 is 5.91 Å². The molecule has 0 aliphatic carbocycles. The molecule has 0 radical (unpaired) electrons. The first kappa shape index (κ1) is 16.3. The smallest absolute Gasteiger partial charge is 0.251 e. The molecule has 0 saturated carbocycles. The van der Waals surface area contributed by atoms with Crippen LogP contribution in [0.1, 0.15) is 18.6 Å². The van der Waals surface area contributed by atoms with Crippen molar-refractivity contribution in [2.45, 2.75) is 25.5 Å². The van der Waals surface area contributed by atoms with Crippen LogP contribution < -0.4 is 0 Å². The molecule has 1 aromatic heterocycles. The fraction of sp³-hybridized carbons (Fsp3) is 0.474. The summed E-state index contributed by atoms with van der Waals surface area (Å²) in [5.74, 6) is 1.01. The van der Waals surface area contributed by atoms with E-state index in [1.165, 1.54) is 0 Å². The molecule has 1 amide bonds. The van der Waals surface area contributed by atoms with Crippen molar-refractivity contribution in [1.82, 2.24) is 15.0 Å². The van der Waals surface area contributed by atoms with Gasteiger partial charge < -0.3 is 14.2 Å². The van der Waals surface area contributed by atoms with E-state index >= 15 is 0 Å². The monoisotopic (exact) mass is 341 g/mol. The molecule has 132 valence electrons. The topological polar surface area (TPSA) is 58.8 Å². The zero-order chi connectivity index (χ0) is 17.1. The lowest BCUT2D eigenvalue weighted by Crippen LogP contribution is -2.51. The molecule has 4 rings (SSSR count). The van der Waals surface area contributed by atoms with Crippen molar-refractivity contribution in [3.05, 3.63) is 42.2 Å². The van der Waals surface area contributed by atoms with Crippen LogP contribution in [-0.2, 0) is 16.1 Å². The largest absolute Gasteiger partial charge is 0.368 e. The number of carbonyl (C=O) groups is 1. The highest BCUT2D eigenvalue weighted by Crippen LogP contribution is 2.20. The summed E-state index contributed by atoms with van der Waals surface area (Å²) in [4.78, 5) is 16.6. The van der Waals surface area contributed by atoms with Gasteiger partial charge >= 0.3 is 0 Å². The molecule has 2 aliphatic heterocycles. The minimum atomic E-state index is -0.214. The van der Waals surface area contributed by atoms with Crippen LogP contribution in [0.25, 0.3) is 11.3 Å². The van der Waals surface area contributed by atoms with Gasteiger partial charge in [0.25, 0.3) is 5.91 Å². The lowest BCUT2D eigenvalue weighted by atomic mass is 10.1. The van der Waals surface area contributed by atoms with Crippen LogP contribution in [-0.4, -0.2) is 59.8 Å². The number of hydrogen-bond donors (Lipinski definition) is 0. The predicted octanol–water partition coefficient (Wildman–Crippen LogP) is 2.16. The SMILES string of the molecule is O=C([C@H]1CCCO1)N1CCN(Cc2cc(-c3ccccc3)no2)CC1. The molecule has 2 aliphatic rings. The molecule has 2 aromatic rings. The zero-order valence-corrected chi connectivity index (χ0v) is 14.3. The number of amides is 1. The lowest BCUT2D eigenvalue weighted by Gasteiger charge is -2.35. The summed E-state index contributed by atoms with van der Waals surface area (Å²) >= 11 is 0. The quantitative estimate of drug-likeness (QED) is 0.853. The van der Waals surface area contributed by atoms with Crippen LogP contribution in [0.2, 0.25) is 0 Å². The minimum absolute atomic E-state index is 0.156. The number of benzene rings is 1. The Morgan fingerprint density at radius 1 is 1.16 bits per heavy atom. The summed E-state index contributed by atoms with van der Waals surface area (Å²) in [6.45, 7) is 4.63. The van der Waals surface area contributed by atoms with Crippen LogP contribution in [0.4, 0.5) is 0 Å². The number of piperazine rings is 1. The molecular weight excluding hydrogens is 318 g/mol. The first-order chi connectivity index (χ1) is 12.3. The number of aromatic nitrogens is 1. The first-order valence-corrected chi connectivity index (χ1v) is 8.93. The molecule has 1 atom stereocenters. The van der Waals surface area contributed by atoms with E-state index < -0.39 is 0 Å². The van der Waals surface area contributed by atoms with Gasteiger partial charge in [-0.2, -0.15) is 0 Å². The average molecular weight is 341 g/mol. The highest BCUT2D eigenvalue weighted by atomic mass is 16.5. The summed E-state index contributed by atoms with van der Waals surface area (Å²) in [6, 6.07) is 12.0. The molecule has 2 saturated heterocycles. The summed E-state index contributed by atoms with van der Waals surface area (Å²) in [7, 11) is 0. The molecule has 0 bridgehead atoms. The van der Waals surface area contributed by atoms with Crippen molar-refractivity contribution in [3.63, 3.8) is 0 Å². The van der Waals surface area contributed by atoms with Crippen molar-refractivity contribution in [2.75, 3.05) is 32.8 Å². The normalized spacial score (nSPS) is 21.6. The van der Waals surface area contributed by atoms with Gasteiger partial charge in [0.1, 0.15) is 11.8 Å². The Bertz CT molecular complexity index is 702. The van der Waals surface area contributed by atoms with E-state index in [2.05, 4.69) is 10.1 Å². The van der Waals surface area contributed by atoms with E-state index in [4.69, 9.17) is 9.26 Å². The molecular formula is C19H23N3O3.